The highest BCUT2D eigenvalue weighted by Crippen LogP contribution is 2.47. The number of ether oxygens (including phenoxy) is 1. The first-order chi connectivity index (χ1) is 14.0. The van der Waals surface area contributed by atoms with Crippen molar-refractivity contribution in [1.82, 2.24) is 0 Å². The molecule has 2 aliphatic rings. The van der Waals surface area contributed by atoms with Gasteiger partial charge in [-0.05, 0) is 74.1 Å². The number of aliphatic hydroxyl groups is 1. The summed E-state index contributed by atoms with van der Waals surface area (Å²) in [6.45, 7) is 13.8. The molecule has 1 heterocycles. The van der Waals surface area contributed by atoms with Crippen LogP contribution in [0.1, 0.15) is 80.6 Å². The second-order valence-corrected chi connectivity index (χ2v) is 9.31. The van der Waals surface area contributed by atoms with Crippen LogP contribution < -0.4 is 0 Å². The van der Waals surface area contributed by atoms with Gasteiger partial charge in [-0.25, -0.2) is 0 Å². The van der Waals surface area contributed by atoms with E-state index < -0.39 is 5.41 Å². The molecule has 2 atom stereocenters. The first-order valence-corrected chi connectivity index (χ1v) is 10.8. The van der Waals surface area contributed by atoms with Gasteiger partial charge in [0, 0.05) is 12.0 Å². The van der Waals surface area contributed by atoms with E-state index in [-0.39, 0.29) is 35.4 Å². The molecule has 2 unspecified atom stereocenters. The number of hydrogen-bond acceptors (Lipinski definition) is 4. The normalized spacial score (nSPS) is 24.5. The molecule has 0 bridgehead atoms. The number of carbonyl (C=O) groups is 2. The molecule has 164 valence electrons. The van der Waals surface area contributed by atoms with Crippen molar-refractivity contribution in [3.05, 3.63) is 57.6 Å². The Kier molecular flexibility index (Phi) is 7.68. The van der Waals surface area contributed by atoms with Crippen molar-refractivity contribution in [2.24, 2.45) is 5.41 Å². The summed E-state index contributed by atoms with van der Waals surface area (Å²) in [4.78, 5) is 26.3. The van der Waals surface area contributed by atoms with E-state index in [1.165, 1.54) is 11.1 Å². The fourth-order valence-corrected chi connectivity index (χ4v) is 3.88. The third kappa shape index (κ3) is 5.21. The van der Waals surface area contributed by atoms with Crippen molar-refractivity contribution in [1.29, 1.82) is 0 Å². The molecule has 0 saturated heterocycles. The molecule has 0 spiro atoms. The van der Waals surface area contributed by atoms with Crippen LogP contribution in [-0.2, 0) is 14.3 Å². The monoisotopic (exact) mass is 412 g/mol. The van der Waals surface area contributed by atoms with Crippen LogP contribution in [0.4, 0.5) is 0 Å². The minimum Gasteiger partial charge on any atom is -0.507 e. The Bertz CT molecular complexity index is 871. The Balaban J connectivity index is 2.46. The molecule has 0 aromatic rings. The van der Waals surface area contributed by atoms with E-state index in [4.69, 9.17) is 4.74 Å². The van der Waals surface area contributed by atoms with Gasteiger partial charge in [0.1, 0.15) is 17.6 Å². The number of ketones is 2. The number of hydrogen-bond donors (Lipinski definition) is 1. The topological polar surface area (TPSA) is 63.6 Å². The molecule has 1 aliphatic carbocycles. The third-order valence-corrected chi connectivity index (χ3v) is 5.76. The second-order valence-electron chi connectivity index (χ2n) is 9.31. The lowest BCUT2D eigenvalue weighted by Gasteiger charge is -2.39. The average molecular weight is 413 g/mol. The predicted molar refractivity (Wildman–Crippen MR) is 121 cm³/mol. The quantitative estimate of drug-likeness (QED) is 0.487. The highest BCUT2D eigenvalue weighted by molar-refractivity contribution is 6.11. The summed E-state index contributed by atoms with van der Waals surface area (Å²) in [6.07, 6.45) is 8.73. The molecule has 2 rings (SSSR count). The lowest BCUT2D eigenvalue weighted by atomic mass is 9.69. The van der Waals surface area contributed by atoms with Crippen LogP contribution in [0.2, 0.25) is 0 Å². The molecule has 4 nitrogen and oxygen atoms in total. The molecule has 1 aliphatic heterocycles. The molecule has 0 saturated carbocycles. The number of allylic oxidation sites excluding steroid dienone is 9. The minimum absolute atomic E-state index is 0.154. The summed E-state index contributed by atoms with van der Waals surface area (Å²) in [5, 5.41) is 10.8. The first kappa shape index (κ1) is 23.9. The van der Waals surface area contributed by atoms with Gasteiger partial charge in [0.25, 0.3) is 0 Å². The summed E-state index contributed by atoms with van der Waals surface area (Å²) in [5.41, 5.74) is 3.05. The zero-order valence-corrected chi connectivity index (χ0v) is 19.5. The van der Waals surface area contributed by atoms with E-state index in [0.29, 0.717) is 24.2 Å². The van der Waals surface area contributed by atoms with E-state index >= 15 is 0 Å². The number of rotatable bonds is 7. The van der Waals surface area contributed by atoms with Crippen molar-refractivity contribution in [2.45, 2.75) is 86.7 Å². The van der Waals surface area contributed by atoms with Crippen LogP contribution in [-0.4, -0.2) is 22.8 Å². The molecular weight excluding hydrogens is 376 g/mol. The van der Waals surface area contributed by atoms with Crippen LogP contribution in [0.3, 0.4) is 0 Å². The number of aliphatic hydroxyl groups excluding tert-OH is 1. The fourth-order valence-electron chi connectivity index (χ4n) is 3.88. The number of Topliss-reactive ketones (excluding diaryl/α,β-unsaturated/α-hetero) is 2. The van der Waals surface area contributed by atoms with Crippen LogP contribution in [0.5, 0.6) is 0 Å². The fraction of sp³-hybridized carbons (Fsp3) is 0.538. The summed E-state index contributed by atoms with van der Waals surface area (Å²) < 4.78 is 6.03. The van der Waals surface area contributed by atoms with Gasteiger partial charge in [0.2, 0.25) is 0 Å². The van der Waals surface area contributed by atoms with E-state index in [0.717, 1.165) is 18.4 Å². The maximum Gasteiger partial charge on any atom is 0.176 e. The Morgan fingerprint density at radius 1 is 1.10 bits per heavy atom. The van der Waals surface area contributed by atoms with Crippen molar-refractivity contribution in [3.8, 4) is 0 Å². The molecule has 0 radical (unpaired) electrons. The van der Waals surface area contributed by atoms with Gasteiger partial charge in [-0.1, -0.05) is 34.9 Å². The van der Waals surface area contributed by atoms with Gasteiger partial charge in [0.15, 0.2) is 11.6 Å². The zero-order valence-electron chi connectivity index (χ0n) is 19.5. The molecule has 0 amide bonds. The van der Waals surface area contributed by atoms with Gasteiger partial charge in [-0.2, -0.15) is 0 Å². The summed E-state index contributed by atoms with van der Waals surface area (Å²) in [7, 11) is 0. The highest BCUT2D eigenvalue weighted by atomic mass is 16.5. The lowest BCUT2D eigenvalue weighted by Crippen LogP contribution is -2.42. The molecule has 0 fully saturated rings. The van der Waals surface area contributed by atoms with Crippen molar-refractivity contribution in [2.75, 3.05) is 0 Å². The van der Waals surface area contributed by atoms with Crippen LogP contribution >= 0.6 is 0 Å². The summed E-state index contributed by atoms with van der Waals surface area (Å²) in [6, 6.07) is 0. The van der Waals surface area contributed by atoms with Gasteiger partial charge in [0.05, 0.1) is 11.0 Å². The Labute approximate surface area is 181 Å². The van der Waals surface area contributed by atoms with Gasteiger partial charge < -0.3 is 9.84 Å². The van der Waals surface area contributed by atoms with Crippen molar-refractivity contribution < 1.29 is 19.4 Å². The summed E-state index contributed by atoms with van der Waals surface area (Å²) >= 11 is 0. The van der Waals surface area contributed by atoms with Crippen molar-refractivity contribution >= 4 is 11.6 Å². The van der Waals surface area contributed by atoms with E-state index in [2.05, 4.69) is 32.9 Å². The maximum atomic E-state index is 13.5. The van der Waals surface area contributed by atoms with Crippen LogP contribution in [0.15, 0.2) is 57.6 Å². The van der Waals surface area contributed by atoms with E-state index in [1.54, 1.807) is 0 Å². The Hall–Kier alpha value is -2.36. The standard InChI is InChI=1S/C26H36O4/c1-16(2)9-8-10-18(5)13-14-26(7)24(29)20(12-11-17(3)4)23(28)22-21(27)15-19(6)30-25(22)26/h9,11,13,19,28H,8,10,12,14-15H2,1-7H3/b18-13-. The maximum absolute atomic E-state index is 13.5. The Morgan fingerprint density at radius 3 is 2.33 bits per heavy atom. The predicted octanol–water partition coefficient (Wildman–Crippen LogP) is 6.46. The van der Waals surface area contributed by atoms with Gasteiger partial charge in [-0.15, -0.1) is 0 Å². The highest BCUT2D eigenvalue weighted by Gasteiger charge is 2.50. The molecule has 30 heavy (non-hydrogen) atoms. The summed E-state index contributed by atoms with van der Waals surface area (Å²) in [5.74, 6) is -0.181. The number of carbonyl (C=O) groups excluding carboxylic acids is 2. The van der Waals surface area contributed by atoms with Crippen molar-refractivity contribution in [3.63, 3.8) is 0 Å². The SMILES string of the molecule is CC(C)=CCC/C(C)=C\CC1(C)C(=O)C(CC=C(C)C)=C(O)C2=C1OC(C)CC2=O. The van der Waals surface area contributed by atoms with E-state index in [1.807, 2.05) is 33.8 Å². The lowest BCUT2D eigenvalue weighted by molar-refractivity contribution is -0.128. The van der Waals surface area contributed by atoms with Crippen LogP contribution in [0, 0.1) is 5.41 Å². The molecule has 0 aromatic heterocycles. The van der Waals surface area contributed by atoms with E-state index in [9.17, 15) is 14.7 Å². The van der Waals surface area contributed by atoms with Crippen LogP contribution in [0.25, 0.3) is 0 Å². The zero-order chi connectivity index (χ0) is 22.6. The first-order valence-electron chi connectivity index (χ1n) is 10.8. The largest absolute Gasteiger partial charge is 0.507 e. The van der Waals surface area contributed by atoms with Gasteiger partial charge in [-0.3, -0.25) is 9.59 Å². The third-order valence-electron chi connectivity index (χ3n) is 5.76. The molecular formula is C26H36O4. The Morgan fingerprint density at radius 2 is 1.73 bits per heavy atom. The average Bonchev–Trinajstić information content (AvgIpc) is 2.63. The molecule has 1 N–H and O–H groups in total. The molecule has 0 aromatic carbocycles. The molecule has 4 heteroatoms. The second kappa shape index (κ2) is 9.63. The smallest absolute Gasteiger partial charge is 0.176 e. The minimum atomic E-state index is -0.992. The van der Waals surface area contributed by atoms with Gasteiger partial charge >= 0.3 is 0 Å².